The summed E-state index contributed by atoms with van der Waals surface area (Å²) >= 11 is 12.4. The molecule has 1 heterocycles. The smallest absolute Gasteiger partial charge is 0.495 e. The molecule has 332 valence electrons. The lowest BCUT2D eigenvalue weighted by atomic mass is 9.62. The molecule has 3 aromatic rings. The van der Waals surface area contributed by atoms with Crippen LogP contribution in [-0.4, -0.2) is 110 Å². The van der Waals surface area contributed by atoms with Crippen molar-refractivity contribution in [3.05, 3.63) is 93.0 Å². The van der Waals surface area contributed by atoms with Crippen LogP contribution in [0.3, 0.4) is 0 Å². The summed E-state index contributed by atoms with van der Waals surface area (Å²) in [6, 6.07) is 12.4. The highest BCUT2D eigenvalue weighted by atomic mass is 35.5. The Labute approximate surface area is 363 Å². The molecule has 18 heteroatoms. The molecule has 0 unspecified atom stereocenters. The second-order valence-corrected chi connectivity index (χ2v) is 15.8. The average molecular weight is 895 g/mol. The molecule has 2 N–H and O–H groups in total. The van der Waals surface area contributed by atoms with E-state index in [-0.39, 0.29) is 71.0 Å². The molecule has 4 atom stereocenters. The van der Waals surface area contributed by atoms with Crippen molar-refractivity contribution in [3.8, 4) is 11.8 Å². The van der Waals surface area contributed by atoms with E-state index in [1.807, 2.05) is 20.8 Å². The Morgan fingerprint density at radius 1 is 0.836 bits per heavy atom. The van der Waals surface area contributed by atoms with Gasteiger partial charge in [-0.15, -0.1) is 0 Å². The fourth-order valence-corrected chi connectivity index (χ4v) is 7.28. The Morgan fingerprint density at radius 2 is 1.46 bits per heavy atom. The van der Waals surface area contributed by atoms with Crippen molar-refractivity contribution in [2.75, 3.05) is 85.6 Å². The van der Waals surface area contributed by atoms with E-state index in [1.54, 1.807) is 7.11 Å². The zero-order chi connectivity index (χ0) is 44.6. The highest BCUT2D eigenvalue weighted by Gasteiger charge is 2.61. The van der Waals surface area contributed by atoms with Gasteiger partial charge in [-0.3, -0.25) is 4.79 Å². The van der Waals surface area contributed by atoms with Crippen LogP contribution in [-0.2, 0) is 43.4 Å². The zero-order valence-electron chi connectivity index (χ0n) is 34.7. The van der Waals surface area contributed by atoms with Crippen LogP contribution in [0.25, 0.3) is 0 Å². The predicted molar refractivity (Wildman–Crippen MR) is 221 cm³/mol. The third-order valence-corrected chi connectivity index (χ3v) is 10.1. The third-order valence-electron chi connectivity index (χ3n) is 9.59. The van der Waals surface area contributed by atoms with Crippen molar-refractivity contribution in [1.29, 1.82) is 5.26 Å². The molecular formula is C43H51Cl2F2N3O11. The van der Waals surface area contributed by atoms with E-state index in [9.17, 15) is 19.6 Å². The van der Waals surface area contributed by atoms with Crippen molar-refractivity contribution in [1.82, 2.24) is 5.32 Å². The Kier molecular flexibility index (Phi) is 19.0. The Hall–Kier alpha value is -4.60. The van der Waals surface area contributed by atoms with Gasteiger partial charge in [0, 0.05) is 29.7 Å². The number of benzene rings is 3. The van der Waals surface area contributed by atoms with Crippen molar-refractivity contribution in [2.24, 2.45) is 5.41 Å². The average Bonchev–Trinajstić information content (AvgIpc) is 3.53. The summed E-state index contributed by atoms with van der Waals surface area (Å²) < 4.78 is 73.5. The lowest BCUT2D eigenvalue weighted by molar-refractivity contribution is -0.118. The van der Waals surface area contributed by atoms with E-state index in [0.717, 1.165) is 6.07 Å². The maximum absolute atomic E-state index is 16.1. The first-order valence-electron chi connectivity index (χ1n) is 19.4. The van der Waals surface area contributed by atoms with Crippen LogP contribution in [0.2, 0.25) is 10.0 Å². The molecule has 0 saturated carbocycles. The summed E-state index contributed by atoms with van der Waals surface area (Å²) in [5.74, 6) is -4.39. The van der Waals surface area contributed by atoms with Gasteiger partial charge in [0.05, 0.1) is 81.7 Å². The predicted octanol–water partition coefficient (Wildman–Crippen LogP) is 7.25. The van der Waals surface area contributed by atoms with E-state index in [1.165, 1.54) is 55.6 Å². The summed E-state index contributed by atoms with van der Waals surface area (Å²) in [6.45, 7) is 7.75. The molecule has 0 bridgehead atoms. The lowest BCUT2D eigenvalue weighted by Crippen LogP contribution is -2.45. The first-order chi connectivity index (χ1) is 29.2. The Balaban J connectivity index is 1.40. The minimum Gasteiger partial charge on any atom is -0.495 e. The molecule has 3 aromatic carbocycles. The third kappa shape index (κ3) is 13.4. The highest BCUT2D eigenvalue weighted by Crippen LogP contribution is 2.53. The first-order valence-corrected chi connectivity index (χ1v) is 20.2. The topological polar surface area (TPSA) is 173 Å². The minimum absolute atomic E-state index is 0.0435. The molecule has 1 saturated heterocycles. The summed E-state index contributed by atoms with van der Waals surface area (Å²) in [5.41, 5.74) is -2.25. The van der Waals surface area contributed by atoms with E-state index in [4.69, 9.17) is 61.1 Å². The van der Waals surface area contributed by atoms with Gasteiger partial charge >= 0.3 is 12.1 Å². The number of nitriles is 1. The van der Waals surface area contributed by atoms with Gasteiger partial charge < -0.3 is 48.5 Å². The van der Waals surface area contributed by atoms with Crippen LogP contribution in [0.15, 0.2) is 54.6 Å². The summed E-state index contributed by atoms with van der Waals surface area (Å²) in [7, 11) is 2.91. The van der Waals surface area contributed by atoms with Crippen molar-refractivity contribution >= 4 is 46.9 Å². The number of halogens is 4. The summed E-state index contributed by atoms with van der Waals surface area (Å²) in [6.07, 6.45) is -0.700. The fourth-order valence-electron chi connectivity index (χ4n) is 6.94. The lowest BCUT2D eigenvalue weighted by Gasteiger charge is -2.37. The van der Waals surface area contributed by atoms with Crippen LogP contribution in [0.5, 0.6) is 5.75 Å². The van der Waals surface area contributed by atoms with Crippen molar-refractivity contribution in [3.63, 3.8) is 0 Å². The quantitative estimate of drug-likeness (QED) is 0.0764. The van der Waals surface area contributed by atoms with Crippen LogP contribution < -0.4 is 15.4 Å². The molecule has 14 nitrogen and oxygen atoms in total. The van der Waals surface area contributed by atoms with Gasteiger partial charge in [0.15, 0.2) is 0 Å². The van der Waals surface area contributed by atoms with E-state index >= 15 is 8.78 Å². The first kappa shape index (κ1) is 49.1. The zero-order valence-corrected chi connectivity index (χ0v) is 36.2. The number of hydrogen-bond acceptors (Lipinski definition) is 13. The number of amides is 1. The molecule has 0 radical (unpaired) electrons. The largest absolute Gasteiger partial charge is 0.508 e. The van der Waals surface area contributed by atoms with E-state index in [2.05, 4.69) is 16.7 Å². The number of esters is 1. The molecule has 1 fully saturated rings. The summed E-state index contributed by atoms with van der Waals surface area (Å²) in [4.78, 5) is 39.2. The van der Waals surface area contributed by atoms with Gasteiger partial charge in [0.1, 0.15) is 42.6 Å². The van der Waals surface area contributed by atoms with Crippen molar-refractivity contribution < 1.29 is 61.1 Å². The van der Waals surface area contributed by atoms with Crippen molar-refractivity contribution in [2.45, 2.75) is 50.6 Å². The number of anilines is 1. The number of rotatable bonds is 22. The number of ether oxygens (including phenoxy) is 8. The fraction of sp³-hybridized carbons (Fsp3) is 0.488. The van der Waals surface area contributed by atoms with Gasteiger partial charge in [0.2, 0.25) is 5.91 Å². The number of carbonyl (C=O) groups excluding carboxylic acids is 3. The molecular weight excluding hydrogens is 843 g/mol. The molecule has 4 rings (SSSR count). The minimum atomic E-state index is -1.83. The molecule has 0 aliphatic carbocycles. The van der Waals surface area contributed by atoms with E-state index in [0.29, 0.717) is 39.6 Å². The monoisotopic (exact) mass is 893 g/mol. The SMILES string of the molecule is COCCOCCOCCOCCOC(=O)OCCOC(=O)c1ccc(NC(=O)[C@@H]2N[C@@H](CC(C)(C)C)[C@](C#N)(c3ccc(Cl)cc3F)[C@H]2c2cccc(Cl)c2F)c(OC)c1. The molecule has 61 heavy (non-hydrogen) atoms. The van der Waals surface area contributed by atoms with Crippen LogP contribution in [0, 0.1) is 28.4 Å². The number of hydrogen-bond donors (Lipinski definition) is 2. The van der Waals surface area contributed by atoms with E-state index < -0.39 is 58.5 Å². The Morgan fingerprint density at radius 3 is 2.07 bits per heavy atom. The number of nitrogens with one attached hydrogen (secondary N) is 2. The van der Waals surface area contributed by atoms with Crippen LogP contribution >= 0.6 is 23.2 Å². The standard InChI is InChI=1S/C43H51Cl2F2N3O11/c1-42(2,3)25-35-43(26-48,30-11-10-28(44)24-32(30)46)36(29-7-6-8-31(45)37(29)47)38(50-35)39(51)49-33-12-9-27(23-34(33)55-5)40(52)59-21-22-61-41(53)60-20-19-58-18-17-57-16-15-56-14-13-54-4/h6-12,23-24,35-36,38,50H,13-22,25H2,1-5H3,(H,49,51)/t35-,36-,38+,43-/m0/s1. The van der Waals surface area contributed by atoms with Gasteiger partial charge in [-0.25, -0.2) is 18.4 Å². The number of methoxy groups -OCH3 is 2. The second-order valence-electron chi connectivity index (χ2n) is 15.0. The molecule has 1 aliphatic heterocycles. The number of carbonyl (C=O) groups is 3. The second kappa shape index (κ2) is 23.6. The van der Waals surface area contributed by atoms with Gasteiger partial charge in [-0.05, 0) is 53.8 Å². The number of nitrogens with zero attached hydrogens (tertiary/aromatic N) is 1. The molecule has 1 aliphatic rings. The Bertz CT molecular complexity index is 2000. The summed E-state index contributed by atoms with van der Waals surface area (Å²) in [5, 5.41) is 17.0. The van der Waals surface area contributed by atoms with Crippen LogP contribution in [0.1, 0.15) is 54.6 Å². The normalized spacial score (nSPS) is 18.6. The van der Waals surface area contributed by atoms with Gasteiger partial charge in [-0.1, -0.05) is 62.2 Å². The van der Waals surface area contributed by atoms with Gasteiger partial charge in [0.25, 0.3) is 0 Å². The molecule has 0 spiro atoms. The highest BCUT2D eigenvalue weighted by molar-refractivity contribution is 6.31. The molecule has 0 aromatic heterocycles. The maximum Gasteiger partial charge on any atom is 0.508 e. The maximum atomic E-state index is 16.1. The van der Waals surface area contributed by atoms with Crippen LogP contribution in [0.4, 0.5) is 19.3 Å². The van der Waals surface area contributed by atoms with Gasteiger partial charge in [-0.2, -0.15) is 5.26 Å². The molecule has 1 amide bonds.